The second-order valence-electron chi connectivity index (χ2n) is 6.61. The highest BCUT2D eigenvalue weighted by Crippen LogP contribution is 2.20. The Balaban J connectivity index is 1.62. The molecule has 0 aliphatic heterocycles. The number of nitrogen functional groups attached to an aromatic ring is 1. The summed E-state index contributed by atoms with van der Waals surface area (Å²) in [4.78, 5) is 16.8. The molecule has 158 valence electrons. The molecule has 0 bridgehead atoms. The summed E-state index contributed by atoms with van der Waals surface area (Å²) in [6, 6.07) is 13.6. The first kappa shape index (κ1) is 20.2. The number of hydrogen-bond acceptors (Lipinski definition) is 10. The van der Waals surface area contributed by atoms with Crippen molar-refractivity contribution in [2.75, 3.05) is 17.7 Å². The first-order valence-electron chi connectivity index (χ1n) is 9.22. The molecular formula is C19H19N9O2S. The molecule has 0 aliphatic rings. The molecule has 0 spiro atoms. The van der Waals surface area contributed by atoms with Gasteiger partial charge in [0.1, 0.15) is 0 Å². The zero-order valence-corrected chi connectivity index (χ0v) is 17.6. The molecule has 11 nitrogen and oxygen atoms in total. The van der Waals surface area contributed by atoms with E-state index < -0.39 is 5.91 Å². The fourth-order valence-corrected chi connectivity index (χ4v) is 3.61. The second-order valence-corrected chi connectivity index (χ2v) is 7.93. The lowest BCUT2D eigenvalue weighted by molar-refractivity contribution is 0.0949. The van der Waals surface area contributed by atoms with E-state index in [1.807, 2.05) is 61.3 Å². The number of para-hydroxylation sites is 1. The summed E-state index contributed by atoms with van der Waals surface area (Å²) in [5, 5.41) is 19.4. The van der Waals surface area contributed by atoms with E-state index in [2.05, 4.69) is 35.8 Å². The summed E-state index contributed by atoms with van der Waals surface area (Å²) in [6.07, 6.45) is 1.58. The van der Waals surface area contributed by atoms with Crippen LogP contribution >= 0.6 is 11.3 Å². The van der Waals surface area contributed by atoms with Crippen LogP contribution in [-0.2, 0) is 6.54 Å². The van der Waals surface area contributed by atoms with Crippen molar-refractivity contribution in [3.63, 3.8) is 0 Å². The molecule has 0 unspecified atom stereocenters. The van der Waals surface area contributed by atoms with Crippen LogP contribution in [0.2, 0.25) is 0 Å². The Hall–Kier alpha value is -4.06. The summed E-state index contributed by atoms with van der Waals surface area (Å²) in [5.41, 5.74) is 9.80. The zero-order valence-electron chi connectivity index (χ0n) is 16.8. The number of thiophene rings is 1. The van der Waals surface area contributed by atoms with E-state index >= 15 is 0 Å². The normalized spacial score (nSPS) is 11.2. The van der Waals surface area contributed by atoms with E-state index in [0.29, 0.717) is 12.2 Å². The maximum atomic E-state index is 12.8. The molecule has 3 aromatic heterocycles. The Kier molecular flexibility index (Phi) is 5.71. The third-order valence-electron chi connectivity index (χ3n) is 4.38. The number of aryl methyl sites for hydroxylation is 1. The molecule has 12 heteroatoms. The molecule has 0 saturated carbocycles. The van der Waals surface area contributed by atoms with Gasteiger partial charge in [-0.05, 0) is 41.5 Å². The summed E-state index contributed by atoms with van der Waals surface area (Å²) in [7, 11) is 1.88. The molecule has 0 saturated heterocycles. The van der Waals surface area contributed by atoms with E-state index in [1.165, 1.54) is 4.68 Å². The number of anilines is 2. The maximum absolute atomic E-state index is 12.8. The molecule has 3 heterocycles. The number of carbonyl (C=O) groups excluding carboxylic acids is 1. The van der Waals surface area contributed by atoms with Gasteiger partial charge in [-0.2, -0.15) is 9.78 Å². The predicted octanol–water partition coefficient (Wildman–Crippen LogP) is 2.00. The summed E-state index contributed by atoms with van der Waals surface area (Å²) >= 11 is 1.57. The van der Waals surface area contributed by atoms with Crippen molar-refractivity contribution in [1.82, 2.24) is 30.7 Å². The van der Waals surface area contributed by atoms with Crippen LogP contribution < -0.4 is 16.1 Å². The van der Waals surface area contributed by atoms with Crippen molar-refractivity contribution in [3.8, 4) is 5.82 Å². The van der Waals surface area contributed by atoms with E-state index in [1.54, 1.807) is 17.6 Å². The van der Waals surface area contributed by atoms with Crippen LogP contribution in [-0.4, -0.2) is 44.5 Å². The van der Waals surface area contributed by atoms with Crippen LogP contribution in [0, 0.1) is 6.92 Å². The van der Waals surface area contributed by atoms with Gasteiger partial charge in [0, 0.05) is 22.5 Å². The van der Waals surface area contributed by atoms with Crippen molar-refractivity contribution < 1.29 is 9.42 Å². The Morgan fingerprint density at radius 1 is 1.29 bits per heavy atom. The van der Waals surface area contributed by atoms with Crippen molar-refractivity contribution in [2.45, 2.75) is 13.5 Å². The number of nitrogens with two attached hydrogens (primary N) is 1. The third kappa shape index (κ3) is 4.43. The standard InChI is InChI=1S/C19H19N9O2S/c1-12-8-9-14(31-12)10-21-23-19(29)16-15(11-27(2)13-6-4-3-5-7-13)28(26-22-16)18-17(20)24-30-25-18/h3-10H,11H2,1-2H3,(H2,20,24)(H,23,29)/b21-10+. The zero-order chi connectivity index (χ0) is 21.8. The van der Waals surface area contributed by atoms with Crippen molar-refractivity contribution in [1.29, 1.82) is 0 Å². The lowest BCUT2D eigenvalue weighted by atomic mass is 10.2. The smallest absolute Gasteiger partial charge is 0.293 e. The molecule has 1 aromatic carbocycles. The monoisotopic (exact) mass is 437 g/mol. The Morgan fingerprint density at radius 2 is 2.10 bits per heavy atom. The molecule has 0 fully saturated rings. The van der Waals surface area contributed by atoms with Gasteiger partial charge in [-0.3, -0.25) is 4.79 Å². The van der Waals surface area contributed by atoms with Gasteiger partial charge in [-0.1, -0.05) is 23.4 Å². The lowest BCUT2D eigenvalue weighted by Crippen LogP contribution is -2.24. The second kappa shape index (κ2) is 8.75. The number of hydrazone groups is 1. The average Bonchev–Trinajstić information content (AvgIpc) is 3.48. The minimum absolute atomic E-state index is 0.0339. The van der Waals surface area contributed by atoms with E-state index in [9.17, 15) is 4.79 Å². The minimum Gasteiger partial charge on any atom is -0.378 e. The van der Waals surface area contributed by atoms with Gasteiger partial charge in [0.05, 0.1) is 18.5 Å². The largest absolute Gasteiger partial charge is 0.378 e. The Morgan fingerprint density at radius 3 is 2.77 bits per heavy atom. The van der Waals surface area contributed by atoms with E-state index in [-0.39, 0.29) is 17.3 Å². The molecule has 0 atom stereocenters. The van der Waals surface area contributed by atoms with Gasteiger partial charge < -0.3 is 10.6 Å². The number of amides is 1. The molecule has 4 aromatic rings. The van der Waals surface area contributed by atoms with Gasteiger partial charge >= 0.3 is 0 Å². The molecular weight excluding hydrogens is 418 g/mol. The van der Waals surface area contributed by atoms with Crippen LogP contribution in [0.4, 0.5) is 11.5 Å². The maximum Gasteiger partial charge on any atom is 0.293 e. The van der Waals surface area contributed by atoms with E-state index in [0.717, 1.165) is 15.4 Å². The van der Waals surface area contributed by atoms with Gasteiger partial charge in [0.15, 0.2) is 5.69 Å². The SMILES string of the molecule is Cc1ccc(/C=N/NC(=O)c2nnn(-c3nonc3N)c2CN(C)c2ccccc2)s1. The Labute approximate surface area is 181 Å². The van der Waals surface area contributed by atoms with Crippen LogP contribution in [0.3, 0.4) is 0 Å². The summed E-state index contributed by atoms with van der Waals surface area (Å²) < 4.78 is 6.02. The van der Waals surface area contributed by atoms with Gasteiger partial charge in [-0.25, -0.2) is 10.1 Å². The molecule has 4 rings (SSSR count). The van der Waals surface area contributed by atoms with Crippen LogP contribution in [0.15, 0.2) is 52.2 Å². The first-order chi connectivity index (χ1) is 15.0. The fourth-order valence-electron chi connectivity index (χ4n) is 2.86. The average molecular weight is 437 g/mol. The van der Waals surface area contributed by atoms with Crippen molar-refractivity contribution in [2.24, 2.45) is 5.10 Å². The summed E-state index contributed by atoms with van der Waals surface area (Å²) in [5.74, 6) is -0.325. The molecule has 1 amide bonds. The van der Waals surface area contributed by atoms with Gasteiger partial charge in [-0.15, -0.1) is 16.4 Å². The van der Waals surface area contributed by atoms with Crippen LogP contribution in [0.5, 0.6) is 0 Å². The number of nitrogens with zero attached hydrogens (tertiary/aromatic N) is 7. The number of carbonyl (C=O) groups is 1. The van der Waals surface area contributed by atoms with Crippen molar-refractivity contribution in [3.05, 3.63) is 63.6 Å². The van der Waals surface area contributed by atoms with Gasteiger partial charge in [0.25, 0.3) is 5.91 Å². The lowest BCUT2D eigenvalue weighted by Gasteiger charge is -2.19. The number of hydrogen-bond donors (Lipinski definition) is 2. The molecule has 31 heavy (non-hydrogen) atoms. The minimum atomic E-state index is -0.512. The topological polar surface area (TPSA) is 140 Å². The summed E-state index contributed by atoms with van der Waals surface area (Å²) in [6.45, 7) is 2.29. The molecule has 0 radical (unpaired) electrons. The van der Waals surface area contributed by atoms with E-state index in [4.69, 9.17) is 5.73 Å². The van der Waals surface area contributed by atoms with Gasteiger partial charge in [0.2, 0.25) is 11.6 Å². The molecule has 3 N–H and O–H groups in total. The molecule has 0 aliphatic carbocycles. The number of benzene rings is 1. The highest BCUT2D eigenvalue weighted by molar-refractivity contribution is 7.13. The van der Waals surface area contributed by atoms with Crippen LogP contribution in [0.25, 0.3) is 5.82 Å². The van der Waals surface area contributed by atoms with Crippen molar-refractivity contribution >= 4 is 35.0 Å². The Bertz CT molecular complexity index is 1210. The first-order valence-corrected chi connectivity index (χ1v) is 10.0. The highest BCUT2D eigenvalue weighted by Gasteiger charge is 2.25. The third-order valence-corrected chi connectivity index (χ3v) is 5.31. The van der Waals surface area contributed by atoms with Crippen LogP contribution in [0.1, 0.15) is 25.9 Å². The number of rotatable bonds is 7. The quantitative estimate of drug-likeness (QED) is 0.330. The number of aromatic nitrogens is 5. The predicted molar refractivity (Wildman–Crippen MR) is 116 cm³/mol. The number of nitrogens with one attached hydrogen (secondary N) is 1. The highest BCUT2D eigenvalue weighted by atomic mass is 32.1. The fraction of sp³-hybridized carbons (Fsp3) is 0.158.